The number of aromatic nitrogens is 4. The first kappa shape index (κ1) is 61.2. The van der Waals surface area contributed by atoms with Crippen LogP contribution in [0, 0.1) is 69.2 Å². The molecule has 0 atom stereocenters. The highest BCUT2D eigenvalue weighted by molar-refractivity contribution is 7.28. The van der Waals surface area contributed by atoms with Gasteiger partial charge in [-0.05, 0) is 190 Å². The molecule has 0 N–H and O–H groups in total. The molecular weight excluding hydrogens is 1260 g/mol. The van der Waals surface area contributed by atoms with Crippen LogP contribution in [0.4, 0.5) is 5.69 Å². The summed E-state index contributed by atoms with van der Waals surface area (Å²) >= 11 is 12.4. The maximum atomic E-state index is 12.5. The van der Waals surface area contributed by atoms with Crippen LogP contribution in [0.5, 0.6) is 0 Å². The first-order chi connectivity index (χ1) is 44.1. The molecular formula is C76H61N5O3S7. The van der Waals surface area contributed by atoms with E-state index < -0.39 is 0 Å². The Balaban J connectivity index is 0.000000104. The average molecular weight is 1320 g/mol. The molecule has 0 unspecified atom stereocenters. The third-order valence-electron chi connectivity index (χ3n) is 16.0. The summed E-state index contributed by atoms with van der Waals surface area (Å²) in [6.45, 7) is 20.8. The molecule has 91 heavy (non-hydrogen) atoms. The molecule has 8 aromatic carbocycles. The van der Waals surface area contributed by atoms with Gasteiger partial charge in [0, 0.05) is 21.0 Å². The SMILES string of the molecule is Cc1ccc(C)c2c1C(=O)N(c1ccccc1)C2=O.Cc1ccc(C)c2sc(-c3cc4ccccc4o3)nc12.Cc1ccc(C)c2sc(-c3cc4ccccc4s3)nc12.Cc1ccc(C)c2sc(-c3cccs3)nc12.Cc1ccc(C)c2sc(-c3ccsc3)nc12. The standard InChI is InChI=1S/C17H13NOS.C17H13NS2.C16H13NO2.2C13H11NS2/c2*1-10-7-8-11(2)16-15(10)18-17(20-16)14-9-12-5-3-4-6-13(12)19-14;1-10-8-9-11(2)14-13(10)15(18)17(16(14)19)12-6-4-3-5-7-12;1-8-3-4-9(2)12-11(8)14-13(16-12)10-5-6-15-7-10;1-8-5-6-9(2)12-11(8)14-13(16-12)10-4-3-7-15-10/h2*3-9H,1-2H3;3-9H,1-2H3;2*3-7H,1-2H3. The van der Waals surface area contributed by atoms with Crippen molar-refractivity contribution in [1.29, 1.82) is 0 Å². The van der Waals surface area contributed by atoms with Crippen LogP contribution in [0.2, 0.25) is 0 Å². The van der Waals surface area contributed by atoms with E-state index in [1.165, 1.54) is 93.6 Å². The third kappa shape index (κ3) is 12.3. The molecule has 8 nitrogen and oxygen atoms in total. The van der Waals surface area contributed by atoms with Crippen LogP contribution in [-0.4, -0.2) is 31.8 Å². The predicted octanol–water partition coefficient (Wildman–Crippen LogP) is 23.5. The number of carbonyl (C=O) groups excluding carboxylic acids is 2. The predicted molar refractivity (Wildman–Crippen MR) is 393 cm³/mol. The number of thiophene rings is 3. The number of amides is 2. The lowest BCUT2D eigenvalue weighted by Crippen LogP contribution is -2.29. The number of anilines is 1. The number of imide groups is 1. The fraction of sp³-hybridized carbons (Fsp3) is 0.132. The Morgan fingerprint density at radius 1 is 0.374 bits per heavy atom. The number of furan rings is 1. The van der Waals surface area contributed by atoms with Crippen LogP contribution in [0.25, 0.3) is 103 Å². The summed E-state index contributed by atoms with van der Waals surface area (Å²) in [7, 11) is 0. The zero-order chi connectivity index (χ0) is 63.2. The summed E-state index contributed by atoms with van der Waals surface area (Å²) in [5.74, 6) is 0.394. The first-order valence-corrected chi connectivity index (χ1v) is 35.5. The molecule has 16 aromatic rings. The molecule has 8 aromatic heterocycles. The summed E-state index contributed by atoms with van der Waals surface area (Å²) in [6, 6.07) is 57.3. The molecule has 0 radical (unpaired) electrons. The smallest absolute Gasteiger partial charge is 0.266 e. The number of para-hydroxylation sites is 2. The molecule has 9 heterocycles. The molecule has 1 aliphatic heterocycles. The molecule has 0 spiro atoms. The number of thiazole rings is 4. The van der Waals surface area contributed by atoms with E-state index in [1.807, 2.05) is 73.7 Å². The van der Waals surface area contributed by atoms with E-state index in [0.717, 1.165) is 70.0 Å². The van der Waals surface area contributed by atoms with Crippen molar-refractivity contribution in [3.8, 4) is 41.1 Å². The largest absolute Gasteiger partial charge is 0.454 e. The molecule has 0 bridgehead atoms. The van der Waals surface area contributed by atoms with Crippen LogP contribution in [0.3, 0.4) is 0 Å². The van der Waals surface area contributed by atoms with Crippen molar-refractivity contribution in [1.82, 2.24) is 19.9 Å². The topological polar surface area (TPSA) is 102 Å². The van der Waals surface area contributed by atoms with Gasteiger partial charge in [0.05, 0.1) is 67.4 Å². The van der Waals surface area contributed by atoms with Gasteiger partial charge in [-0.1, -0.05) is 121 Å². The van der Waals surface area contributed by atoms with Crippen LogP contribution >= 0.6 is 79.4 Å². The average Bonchev–Trinajstić information content (AvgIpc) is 1.66. The van der Waals surface area contributed by atoms with Gasteiger partial charge in [-0.3, -0.25) is 9.59 Å². The van der Waals surface area contributed by atoms with Crippen molar-refractivity contribution in [3.63, 3.8) is 0 Å². The Bertz CT molecular complexity index is 4840. The van der Waals surface area contributed by atoms with Gasteiger partial charge in [-0.2, -0.15) is 11.3 Å². The molecule has 0 aliphatic carbocycles. The molecule has 1 aliphatic rings. The summed E-state index contributed by atoms with van der Waals surface area (Å²) in [5, 5.41) is 13.1. The number of nitrogens with zero attached hydrogens (tertiary/aromatic N) is 5. The second kappa shape index (κ2) is 25.9. The van der Waals surface area contributed by atoms with Crippen molar-refractivity contribution in [2.24, 2.45) is 0 Å². The monoisotopic (exact) mass is 1320 g/mol. The van der Waals surface area contributed by atoms with Gasteiger partial charge in [0.25, 0.3) is 11.8 Å². The highest BCUT2D eigenvalue weighted by Gasteiger charge is 2.39. The lowest BCUT2D eigenvalue weighted by molar-refractivity contribution is 0.0925. The van der Waals surface area contributed by atoms with Gasteiger partial charge in [0.2, 0.25) is 0 Å². The van der Waals surface area contributed by atoms with Gasteiger partial charge >= 0.3 is 0 Å². The highest BCUT2D eigenvalue weighted by atomic mass is 32.1. The third-order valence-corrected chi connectivity index (χ3v) is 23.8. The van der Waals surface area contributed by atoms with Gasteiger partial charge in [-0.15, -0.1) is 68.0 Å². The number of hydrogen-bond donors (Lipinski definition) is 0. The van der Waals surface area contributed by atoms with Crippen molar-refractivity contribution in [3.05, 3.63) is 253 Å². The number of benzene rings is 8. The maximum Gasteiger partial charge on any atom is 0.266 e. The van der Waals surface area contributed by atoms with Crippen LogP contribution < -0.4 is 4.90 Å². The molecule has 0 saturated heterocycles. The Labute approximate surface area is 556 Å². The second-order valence-electron chi connectivity index (χ2n) is 22.6. The first-order valence-electron chi connectivity index (χ1n) is 29.6. The second-order valence-corrected chi connectivity index (χ2v) is 29.4. The van der Waals surface area contributed by atoms with Gasteiger partial charge in [0.15, 0.2) is 10.8 Å². The summed E-state index contributed by atoms with van der Waals surface area (Å²) < 4.78 is 12.5. The van der Waals surface area contributed by atoms with E-state index in [-0.39, 0.29) is 11.8 Å². The zero-order valence-electron chi connectivity index (χ0n) is 51.7. The minimum atomic E-state index is -0.229. The zero-order valence-corrected chi connectivity index (χ0v) is 57.4. The quantitative estimate of drug-likeness (QED) is 0.158. The summed E-state index contributed by atoms with van der Waals surface area (Å²) in [5.41, 5.74) is 20.3. The summed E-state index contributed by atoms with van der Waals surface area (Å²) in [4.78, 5) is 47.9. The van der Waals surface area contributed by atoms with Crippen molar-refractivity contribution in [2.75, 3.05) is 4.90 Å². The lowest BCUT2D eigenvalue weighted by atomic mass is 9.99. The normalized spacial score (nSPS) is 11.9. The van der Waals surface area contributed by atoms with E-state index >= 15 is 0 Å². The number of rotatable bonds is 5. The fourth-order valence-corrected chi connectivity index (χ4v) is 17.9. The van der Waals surface area contributed by atoms with E-state index in [4.69, 9.17) is 24.4 Å². The van der Waals surface area contributed by atoms with Crippen LogP contribution in [0.1, 0.15) is 76.4 Å². The number of carbonyl (C=O) groups is 2. The maximum absolute atomic E-state index is 12.5. The fourth-order valence-electron chi connectivity index (χ4n) is 10.9. The molecule has 15 heteroatoms. The number of hydrogen-bond acceptors (Lipinski definition) is 14. The Morgan fingerprint density at radius 3 is 1.32 bits per heavy atom. The van der Waals surface area contributed by atoms with Crippen molar-refractivity contribution >= 4 is 159 Å². The molecule has 0 fully saturated rings. The van der Waals surface area contributed by atoms with Crippen molar-refractivity contribution < 1.29 is 14.0 Å². The lowest BCUT2D eigenvalue weighted by Gasteiger charge is -2.13. The van der Waals surface area contributed by atoms with E-state index in [0.29, 0.717) is 16.8 Å². The van der Waals surface area contributed by atoms with E-state index in [1.54, 1.807) is 80.2 Å². The highest BCUT2D eigenvalue weighted by Crippen LogP contribution is 2.42. The van der Waals surface area contributed by atoms with E-state index in [9.17, 15) is 9.59 Å². The van der Waals surface area contributed by atoms with Crippen LogP contribution in [0.15, 0.2) is 190 Å². The van der Waals surface area contributed by atoms with Crippen LogP contribution in [-0.2, 0) is 0 Å². The molecule has 450 valence electrons. The van der Waals surface area contributed by atoms with Crippen molar-refractivity contribution in [2.45, 2.75) is 69.2 Å². The van der Waals surface area contributed by atoms with Gasteiger partial charge < -0.3 is 4.42 Å². The molecule has 2 amide bonds. The molecule has 0 saturated carbocycles. The summed E-state index contributed by atoms with van der Waals surface area (Å²) in [6.07, 6.45) is 0. The molecule has 17 rings (SSSR count). The Kier molecular flexibility index (Phi) is 17.4. The Hall–Kier alpha value is -8.64. The minimum absolute atomic E-state index is 0.229. The van der Waals surface area contributed by atoms with Gasteiger partial charge in [-0.25, -0.2) is 24.8 Å². The number of fused-ring (bicyclic) bond motifs is 7. The number of aryl methyl sites for hydroxylation is 10. The van der Waals surface area contributed by atoms with E-state index in [2.05, 4.69) is 181 Å². The minimum Gasteiger partial charge on any atom is -0.454 e. The van der Waals surface area contributed by atoms with Gasteiger partial charge in [0.1, 0.15) is 20.6 Å². The Morgan fingerprint density at radius 2 is 0.824 bits per heavy atom.